The largest absolute Gasteiger partial charge is 0.451 e. The van der Waals surface area contributed by atoms with Crippen LogP contribution >= 0.6 is 12.4 Å². The Morgan fingerprint density at radius 1 is 1.29 bits per heavy atom. The predicted octanol–water partition coefficient (Wildman–Crippen LogP) is 3.66. The number of benzene rings is 1. The summed E-state index contributed by atoms with van der Waals surface area (Å²) in [7, 11) is 0. The second-order valence-electron chi connectivity index (χ2n) is 9.88. The third-order valence-electron chi connectivity index (χ3n) is 7.16. The van der Waals surface area contributed by atoms with Crippen LogP contribution in [0.1, 0.15) is 43.5 Å². The number of amides is 1. The van der Waals surface area contributed by atoms with Crippen molar-refractivity contribution < 1.29 is 18.7 Å². The molecule has 190 valence electrons. The van der Waals surface area contributed by atoms with E-state index < -0.39 is 5.82 Å². The van der Waals surface area contributed by atoms with Crippen LogP contribution in [0.15, 0.2) is 30.7 Å². The number of carbonyl (C=O) groups is 1. The summed E-state index contributed by atoms with van der Waals surface area (Å²) in [5.74, 6) is 0.710. The lowest BCUT2D eigenvalue weighted by molar-refractivity contribution is 0.0578. The summed E-state index contributed by atoms with van der Waals surface area (Å²) in [6.07, 6.45) is 6.18. The minimum atomic E-state index is -0.484. The zero-order valence-corrected chi connectivity index (χ0v) is 21.0. The van der Waals surface area contributed by atoms with Crippen LogP contribution in [-0.2, 0) is 4.74 Å². The highest BCUT2D eigenvalue weighted by atomic mass is 35.5. The molecule has 4 heterocycles. The molecule has 0 radical (unpaired) electrons. The van der Waals surface area contributed by atoms with Crippen molar-refractivity contribution in [1.82, 2.24) is 20.2 Å². The molecule has 1 amide bonds. The van der Waals surface area contributed by atoms with Gasteiger partial charge in [0.25, 0.3) is 5.91 Å². The summed E-state index contributed by atoms with van der Waals surface area (Å²) >= 11 is 0. The third-order valence-corrected chi connectivity index (χ3v) is 7.16. The van der Waals surface area contributed by atoms with E-state index in [1.54, 1.807) is 11.1 Å². The molecule has 0 bridgehead atoms. The molecule has 0 aliphatic carbocycles. The molecule has 10 heteroatoms. The Bertz CT molecular complexity index is 1040. The van der Waals surface area contributed by atoms with E-state index in [9.17, 15) is 9.18 Å². The number of carbonyl (C=O) groups excluding carboxylic acids is 1. The Hall–Kier alpha value is -2.49. The van der Waals surface area contributed by atoms with Crippen LogP contribution < -0.4 is 15.0 Å². The Balaban J connectivity index is 0.00000289. The topological polar surface area (TPSA) is 79.8 Å². The van der Waals surface area contributed by atoms with Crippen LogP contribution in [0.5, 0.6) is 11.5 Å². The van der Waals surface area contributed by atoms with Crippen LogP contribution in [0.4, 0.5) is 10.2 Å². The van der Waals surface area contributed by atoms with Gasteiger partial charge in [-0.1, -0.05) is 0 Å². The maximum absolute atomic E-state index is 14.3. The van der Waals surface area contributed by atoms with E-state index in [4.69, 9.17) is 9.47 Å². The van der Waals surface area contributed by atoms with E-state index in [1.165, 1.54) is 24.5 Å². The van der Waals surface area contributed by atoms with Gasteiger partial charge in [-0.25, -0.2) is 14.4 Å². The zero-order chi connectivity index (χ0) is 23.7. The van der Waals surface area contributed by atoms with E-state index in [1.807, 2.05) is 13.8 Å². The fourth-order valence-electron chi connectivity index (χ4n) is 5.39. The van der Waals surface area contributed by atoms with E-state index in [0.717, 1.165) is 45.4 Å². The monoisotopic (exact) mass is 505 g/mol. The Labute approximate surface area is 211 Å². The Kier molecular flexibility index (Phi) is 7.78. The van der Waals surface area contributed by atoms with Crippen molar-refractivity contribution in [2.24, 2.45) is 5.41 Å². The van der Waals surface area contributed by atoms with Crippen LogP contribution in [-0.4, -0.2) is 72.3 Å². The average molecular weight is 506 g/mol. The molecule has 3 aliphatic heterocycles. The molecule has 35 heavy (non-hydrogen) atoms. The van der Waals surface area contributed by atoms with Crippen LogP contribution in [0.2, 0.25) is 0 Å². The van der Waals surface area contributed by atoms with Gasteiger partial charge in [-0.3, -0.25) is 4.79 Å². The smallest absolute Gasteiger partial charge is 0.258 e. The summed E-state index contributed by atoms with van der Waals surface area (Å²) in [5.41, 5.74) is 0.514. The molecule has 1 atom stereocenters. The van der Waals surface area contributed by atoms with Gasteiger partial charge in [0.1, 0.15) is 17.9 Å². The SMILES string of the molecule is CC(C)N(C(=O)c1cc(F)ccc1Oc1cncnc1N1CC2(CCNCC2)C1)[C@@H]1CCOC1.Cl. The van der Waals surface area contributed by atoms with Crippen molar-refractivity contribution in [3.63, 3.8) is 0 Å². The van der Waals surface area contributed by atoms with Gasteiger partial charge in [-0.05, 0) is 64.4 Å². The lowest BCUT2D eigenvalue weighted by Crippen LogP contribution is -2.60. The van der Waals surface area contributed by atoms with Crippen molar-refractivity contribution in [2.45, 2.75) is 45.2 Å². The molecule has 2 aromatic rings. The Morgan fingerprint density at radius 3 is 2.74 bits per heavy atom. The minimum Gasteiger partial charge on any atom is -0.451 e. The summed E-state index contributed by atoms with van der Waals surface area (Å²) in [6.45, 7) is 8.93. The van der Waals surface area contributed by atoms with Gasteiger partial charge in [0, 0.05) is 31.2 Å². The average Bonchev–Trinajstić information content (AvgIpc) is 3.33. The second kappa shape index (κ2) is 10.6. The molecule has 1 N–H and O–H groups in total. The molecule has 1 spiro atoms. The van der Waals surface area contributed by atoms with Gasteiger partial charge >= 0.3 is 0 Å². The zero-order valence-electron chi connectivity index (χ0n) is 20.2. The summed E-state index contributed by atoms with van der Waals surface area (Å²) in [5, 5.41) is 3.42. The molecule has 0 unspecified atom stereocenters. The number of aromatic nitrogens is 2. The molecule has 3 fully saturated rings. The van der Waals surface area contributed by atoms with Gasteiger partial charge in [-0.15, -0.1) is 12.4 Å². The first-order valence-corrected chi connectivity index (χ1v) is 12.1. The lowest BCUT2D eigenvalue weighted by Gasteiger charge is -2.53. The van der Waals surface area contributed by atoms with Gasteiger partial charge in [0.05, 0.1) is 24.4 Å². The lowest BCUT2D eigenvalue weighted by atomic mass is 9.72. The molecule has 3 saturated heterocycles. The molecule has 5 rings (SSSR count). The summed E-state index contributed by atoms with van der Waals surface area (Å²) < 4.78 is 26.0. The highest BCUT2D eigenvalue weighted by molar-refractivity contribution is 5.97. The Morgan fingerprint density at radius 2 is 2.06 bits per heavy atom. The normalized spacial score (nSPS) is 20.9. The van der Waals surface area contributed by atoms with E-state index in [2.05, 4.69) is 20.2 Å². The number of nitrogens with zero attached hydrogens (tertiary/aromatic N) is 4. The minimum absolute atomic E-state index is 0. The highest BCUT2D eigenvalue weighted by Crippen LogP contribution is 2.43. The number of piperidine rings is 1. The van der Waals surface area contributed by atoms with Gasteiger partial charge in [0.15, 0.2) is 11.6 Å². The highest BCUT2D eigenvalue weighted by Gasteiger charge is 2.45. The second-order valence-corrected chi connectivity index (χ2v) is 9.88. The predicted molar refractivity (Wildman–Crippen MR) is 133 cm³/mol. The fourth-order valence-corrected chi connectivity index (χ4v) is 5.39. The molecule has 3 aliphatic rings. The number of anilines is 1. The van der Waals surface area contributed by atoms with Crippen molar-refractivity contribution in [3.05, 3.63) is 42.1 Å². The van der Waals surface area contributed by atoms with E-state index >= 15 is 0 Å². The van der Waals surface area contributed by atoms with Crippen LogP contribution in [0.25, 0.3) is 0 Å². The van der Waals surface area contributed by atoms with Gasteiger partial charge in [-0.2, -0.15) is 0 Å². The first kappa shape index (κ1) is 25.6. The first-order chi connectivity index (χ1) is 16.5. The number of rotatable bonds is 6. The van der Waals surface area contributed by atoms with Crippen molar-refractivity contribution in [2.75, 3.05) is 44.3 Å². The summed E-state index contributed by atoms with van der Waals surface area (Å²) in [4.78, 5) is 26.2. The van der Waals surface area contributed by atoms with E-state index in [-0.39, 0.29) is 36.0 Å². The number of halogens is 2. The molecular formula is C25H33ClFN5O3. The number of hydrogen-bond donors (Lipinski definition) is 1. The number of nitrogens with one attached hydrogen (secondary N) is 1. The van der Waals surface area contributed by atoms with Crippen LogP contribution in [0, 0.1) is 11.2 Å². The van der Waals surface area contributed by atoms with Crippen molar-refractivity contribution in [3.8, 4) is 11.5 Å². The number of ether oxygens (including phenoxy) is 2. The van der Waals surface area contributed by atoms with Crippen molar-refractivity contribution >= 4 is 24.1 Å². The standard InChI is InChI=1S/C25H32FN5O3.ClH/c1-17(2)31(19-5-10-33-13-19)24(32)20-11-18(26)3-4-21(20)34-22-12-28-16-29-23(22)30-14-25(15-30)6-8-27-9-7-25;/h3-4,11-12,16-17,19,27H,5-10,13-15H2,1-2H3;1H/t19-;/m1./s1. The van der Waals surface area contributed by atoms with Gasteiger partial charge < -0.3 is 24.6 Å². The molecule has 1 aromatic heterocycles. The summed E-state index contributed by atoms with van der Waals surface area (Å²) in [6, 6.07) is 3.96. The van der Waals surface area contributed by atoms with Crippen LogP contribution in [0.3, 0.4) is 0 Å². The molecule has 1 aromatic carbocycles. The molecule has 0 saturated carbocycles. The first-order valence-electron chi connectivity index (χ1n) is 12.1. The maximum atomic E-state index is 14.3. The quantitative estimate of drug-likeness (QED) is 0.641. The molecular weight excluding hydrogens is 473 g/mol. The maximum Gasteiger partial charge on any atom is 0.258 e. The van der Waals surface area contributed by atoms with E-state index in [0.29, 0.717) is 35.9 Å². The van der Waals surface area contributed by atoms with Gasteiger partial charge in [0.2, 0.25) is 0 Å². The fraction of sp³-hybridized carbons (Fsp3) is 0.560. The van der Waals surface area contributed by atoms with Crippen molar-refractivity contribution in [1.29, 1.82) is 0 Å². The number of hydrogen-bond acceptors (Lipinski definition) is 7. The third kappa shape index (κ3) is 5.22. The molecule has 8 nitrogen and oxygen atoms in total.